The average Bonchev–Trinajstić information content (AvgIpc) is 2.78. The van der Waals surface area contributed by atoms with Crippen LogP contribution in [0.1, 0.15) is 69.5 Å². The molecule has 1 fully saturated rings. The van der Waals surface area contributed by atoms with Crippen LogP contribution in [-0.2, 0) is 11.2 Å². The molecular formula is C20H32N2O2. The van der Waals surface area contributed by atoms with E-state index in [-0.39, 0.29) is 11.9 Å². The lowest BCUT2D eigenvalue weighted by Crippen LogP contribution is -2.41. The highest BCUT2D eigenvalue weighted by Gasteiger charge is 2.28. The second kappa shape index (κ2) is 9.19. The maximum absolute atomic E-state index is 10.9. The highest BCUT2D eigenvalue weighted by molar-refractivity contribution is 5.72. The van der Waals surface area contributed by atoms with Crippen molar-refractivity contribution in [1.82, 2.24) is 10.6 Å². The van der Waals surface area contributed by atoms with Crippen LogP contribution in [0, 0.1) is 0 Å². The van der Waals surface area contributed by atoms with Crippen molar-refractivity contribution in [3.63, 3.8) is 0 Å². The van der Waals surface area contributed by atoms with Crippen molar-refractivity contribution in [2.75, 3.05) is 13.1 Å². The van der Waals surface area contributed by atoms with Gasteiger partial charge in [-0.25, -0.2) is 0 Å². The Kier molecular flexibility index (Phi) is 7.25. The van der Waals surface area contributed by atoms with Crippen LogP contribution < -0.4 is 10.6 Å². The molecule has 0 heterocycles. The molecular weight excluding hydrogens is 300 g/mol. The molecule has 1 aliphatic rings. The Balaban J connectivity index is 1.81. The van der Waals surface area contributed by atoms with E-state index in [9.17, 15) is 9.90 Å². The van der Waals surface area contributed by atoms with Gasteiger partial charge in [0.15, 0.2) is 0 Å². The summed E-state index contributed by atoms with van der Waals surface area (Å²) >= 11 is 0. The molecule has 0 spiro atoms. The average molecular weight is 332 g/mol. The van der Waals surface area contributed by atoms with Gasteiger partial charge in [-0.15, -0.1) is 0 Å². The Morgan fingerprint density at radius 3 is 2.38 bits per heavy atom. The van der Waals surface area contributed by atoms with Gasteiger partial charge < -0.3 is 15.7 Å². The highest BCUT2D eigenvalue weighted by Crippen LogP contribution is 2.27. The van der Waals surface area contributed by atoms with E-state index >= 15 is 0 Å². The zero-order chi connectivity index (χ0) is 17.4. The fourth-order valence-corrected chi connectivity index (χ4v) is 3.38. The number of amides is 1. The molecule has 1 aliphatic carbocycles. The molecule has 0 aliphatic heterocycles. The van der Waals surface area contributed by atoms with E-state index in [1.807, 2.05) is 0 Å². The number of carbonyl (C=O) groups excluding carboxylic acids is 1. The van der Waals surface area contributed by atoms with Crippen molar-refractivity contribution >= 4 is 5.91 Å². The summed E-state index contributed by atoms with van der Waals surface area (Å²) < 4.78 is 0. The molecule has 134 valence electrons. The molecule has 2 rings (SSSR count). The monoisotopic (exact) mass is 332 g/mol. The molecule has 1 aromatic rings. The normalized spacial score (nSPS) is 18.6. The number of rotatable bonds is 7. The first kappa shape index (κ1) is 18.9. The van der Waals surface area contributed by atoms with Gasteiger partial charge in [0.2, 0.25) is 5.91 Å². The quantitative estimate of drug-likeness (QED) is 0.672. The zero-order valence-corrected chi connectivity index (χ0v) is 15.1. The third kappa shape index (κ3) is 6.25. The first-order valence-corrected chi connectivity index (χ1v) is 9.28. The van der Waals surface area contributed by atoms with Crippen molar-refractivity contribution in [2.24, 2.45) is 0 Å². The van der Waals surface area contributed by atoms with Crippen LogP contribution in [0.25, 0.3) is 0 Å². The number of aliphatic hydroxyl groups is 1. The predicted molar refractivity (Wildman–Crippen MR) is 97.9 cm³/mol. The predicted octanol–water partition coefficient (Wildman–Crippen LogP) is 3.10. The lowest BCUT2D eigenvalue weighted by Gasteiger charge is -2.29. The first-order valence-electron chi connectivity index (χ1n) is 9.28. The summed E-state index contributed by atoms with van der Waals surface area (Å²) in [5, 5.41) is 17.1. The van der Waals surface area contributed by atoms with E-state index in [2.05, 4.69) is 41.8 Å². The molecule has 0 saturated heterocycles. The largest absolute Gasteiger partial charge is 0.389 e. The zero-order valence-electron chi connectivity index (χ0n) is 15.1. The number of nitrogens with one attached hydrogen (secondary N) is 2. The van der Waals surface area contributed by atoms with Crippen LogP contribution in [0.4, 0.5) is 0 Å². The summed E-state index contributed by atoms with van der Waals surface area (Å²) in [7, 11) is 0. The van der Waals surface area contributed by atoms with Gasteiger partial charge in [-0.3, -0.25) is 4.79 Å². The minimum atomic E-state index is -0.539. The number of hydrogen-bond acceptors (Lipinski definition) is 3. The number of hydrogen-bond donors (Lipinski definition) is 3. The Bertz CT molecular complexity index is 505. The van der Waals surface area contributed by atoms with Gasteiger partial charge in [0.25, 0.3) is 0 Å². The standard InChI is InChI=1S/C20H32N2O2/c1-16(22-15-20(24)12-5-3-4-6-13-20)19-9-7-18(8-10-19)11-14-21-17(2)23/h7-10,16,22,24H,3-6,11-15H2,1-2H3,(H,21,23). The van der Waals surface area contributed by atoms with E-state index in [1.54, 1.807) is 6.92 Å². The summed E-state index contributed by atoms with van der Waals surface area (Å²) in [6, 6.07) is 8.74. The molecule has 1 aromatic carbocycles. The fourth-order valence-electron chi connectivity index (χ4n) is 3.38. The molecule has 4 heteroatoms. The highest BCUT2D eigenvalue weighted by atomic mass is 16.3. The van der Waals surface area contributed by atoms with Gasteiger partial charge >= 0.3 is 0 Å². The topological polar surface area (TPSA) is 61.4 Å². The van der Waals surface area contributed by atoms with Crippen molar-refractivity contribution < 1.29 is 9.90 Å². The first-order chi connectivity index (χ1) is 11.5. The van der Waals surface area contributed by atoms with E-state index in [0.717, 1.165) is 32.1 Å². The lowest BCUT2D eigenvalue weighted by molar-refractivity contribution is -0.118. The second-order valence-corrected chi connectivity index (χ2v) is 7.22. The van der Waals surface area contributed by atoms with Gasteiger partial charge in [-0.05, 0) is 37.3 Å². The van der Waals surface area contributed by atoms with E-state index < -0.39 is 5.60 Å². The second-order valence-electron chi connectivity index (χ2n) is 7.22. The summed E-state index contributed by atoms with van der Waals surface area (Å²) in [6.45, 7) is 5.03. The SMILES string of the molecule is CC(=O)NCCc1ccc(C(C)NCC2(O)CCCCCC2)cc1. The Morgan fingerprint density at radius 2 is 1.79 bits per heavy atom. The van der Waals surface area contributed by atoms with Crippen LogP contribution in [0.3, 0.4) is 0 Å². The summed E-state index contributed by atoms with van der Waals surface area (Å²) in [6.07, 6.45) is 7.44. The van der Waals surface area contributed by atoms with Crippen molar-refractivity contribution in [2.45, 2.75) is 70.4 Å². The van der Waals surface area contributed by atoms with E-state index in [0.29, 0.717) is 13.1 Å². The molecule has 4 nitrogen and oxygen atoms in total. The molecule has 0 radical (unpaired) electrons. The molecule has 1 unspecified atom stereocenters. The maximum Gasteiger partial charge on any atom is 0.216 e. The van der Waals surface area contributed by atoms with Crippen LogP contribution in [0.2, 0.25) is 0 Å². The van der Waals surface area contributed by atoms with Gasteiger partial charge in [0.05, 0.1) is 5.60 Å². The maximum atomic E-state index is 10.9. The third-order valence-electron chi connectivity index (χ3n) is 5.04. The van der Waals surface area contributed by atoms with Crippen LogP contribution in [0.5, 0.6) is 0 Å². The van der Waals surface area contributed by atoms with Gasteiger partial charge in [-0.2, -0.15) is 0 Å². The molecule has 3 N–H and O–H groups in total. The van der Waals surface area contributed by atoms with Gasteiger partial charge in [0.1, 0.15) is 0 Å². The molecule has 0 aromatic heterocycles. The molecule has 24 heavy (non-hydrogen) atoms. The lowest BCUT2D eigenvalue weighted by atomic mass is 9.94. The third-order valence-corrected chi connectivity index (χ3v) is 5.04. The minimum Gasteiger partial charge on any atom is -0.389 e. The van der Waals surface area contributed by atoms with Gasteiger partial charge in [0, 0.05) is 26.1 Å². The minimum absolute atomic E-state index is 0.0147. The summed E-state index contributed by atoms with van der Waals surface area (Å²) in [5.41, 5.74) is 1.92. The number of benzene rings is 1. The van der Waals surface area contributed by atoms with E-state index in [4.69, 9.17) is 0 Å². The molecule has 1 atom stereocenters. The Morgan fingerprint density at radius 1 is 1.17 bits per heavy atom. The van der Waals surface area contributed by atoms with Crippen LogP contribution >= 0.6 is 0 Å². The van der Waals surface area contributed by atoms with Crippen molar-refractivity contribution in [3.05, 3.63) is 35.4 Å². The van der Waals surface area contributed by atoms with Crippen LogP contribution in [-0.4, -0.2) is 29.7 Å². The fraction of sp³-hybridized carbons (Fsp3) is 0.650. The number of carbonyl (C=O) groups is 1. The van der Waals surface area contributed by atoms with E-state index in [1.165, 1.54) is 24.0 Å². The Labute approximate surface area is 146 Å². The molecule has 0 bridgehead atoms. The summed E-state index contributed by atoms with van der Waals surface area (Å²) in [5.74, 6) is 0.0147. The van der Waals surface area contributed by atoms with Crippen molar-refractivity contribution in [1.29, 1.82) is 0 Å². The smallest absolute Gasteiger partial charge is 0.216 e. The van der Waals surface area contributed by atoms with Crippen LogP contribution in [0.15, 0.2) is 24.3 Å². The van der Waals surface area contributed by atoms with Gasteiger partial charge in [-0.1, -0.05) is 49.9 Å². The summed E-state index contributed by atoms with van der Waals surface area (Å²) in [4.78, 5) is 10.9. The molecule has 1 saturated carbocycles. The van der Waals surface area contributed by atoms with Crippen molar-refractivity contribution in [3.8, 4) is 0 Å². The molecule has 1 amide bonds. The Hall–Kier alpha value is -1.39.